The summed E-state index contributed by atoms with van der Waals surface area (Å²) < 4.78 is 21.9. The van der Waals surface area contributed by atoms with E-state index >= 15 is 0 Å². The molecule has 3 aromatic rings. The lowest BCUT2D eigenvalue weighted by Crippen LogP contribution is -2.38. The second-order valence-corrected chi connectivity index (χ2v) is 8.84. The maximum atomic E-state index is 14.7. The quantitative estimate of drug-likeness (QED) is 0.479. The number of benzene rings is 2. The molecule has 0 spiro atoms. The van der Waals surface area contributed by atoms with Crippen LogP contribution in [0.2, 0.25) is 0 Å². The average molecular weight is 455 g/mol. The Labute approximate surface area is 191 Å². The smallest absolute Gasteiger partial charge is 0.233 e. The summed E-state index contributed by atoms with van der Waals surface area (Å²) in [6.45, 7) is 6.30. The predicted octanol–water partition coefficient (Wildman–Crippen LogP) is 4.82. The van der Waals surface area contributed by atoms with Gasteiger partial charge >= 0.3 is 0 Å². The van der Waals surface area contributed by atoms with Gasteiger partial charge in [-0.1, -0.05) is 30.8 Å². The second-order valence-electron chi connectivity index (χ2n) is 7.90. The van der Waals surface area contributed by atoms with Crippen molar-refractivity contribution in [2.75, 3.05) is 25.4 Å². The van der Waals surface area contributed by atoms with E-state index in [1.54, 1.807) is 22.8 Å². The third-order valence-electron chi connectivity index (χ3n) is 5.61. The van der Waals surface area contributed by atoms with E-state index in [0.717, 1.165) is 37.2 Å². The zero-order valence-corrected chi connectivity index (χ0v) is 19.1. The van der Waals surface area contributed by atoms with Crippen molar-refractivity contribution in [2.45, 2.75) is 31.8 Å². The van der Waals surface area contributed by atoms with E-state index in [0.29, 0.717) is 29.2 Å². The lowest BCUT2D eigenvalue weighted by atomic mass is 9.99. The van der Waals surface area contributed by atoms with Crippen molar-refractivity contribution in [1.29, 1.82) is 0 Å². The number of halogens is 1. The number of ether oxygens (including phenoxy) is 1. The van der Waals surface area contributed by atoms with Crippen LogP contribution in [0.5, 0.6) is 5.75 Å². The van der Waals surface area contributed by atoms with Gasteiger partial charge in [0.2, 0.25) is 5.91 Å². The number of hydrogen-bond donors (Lipinski definition) is 0. The van der Waals surface area contributed by atoms with Crippen LogP contribution in [0.1, 0.15) is 26.7 Å². The number of amides is 1. The molecule has 1 aromatic heterocycles. The Bertz CT molecular complexity index is 1060. The lowest BCUT2D eigenvalue weighted by molar-refractivity contribution is -0.129. The molecule has 6 nitrogen and oxygen atoms in total. The minimum absolute atomic E-state index is 0.0765. The van der Waals surface area contributed by atoms with Crippen LogP contribution in [-0.2, 0) is 4.79 Å². The highest BCUT2D eigenvalue weighted by Gasteiger charge is 2.23. The van der Waals surface area contributed by atoms with Crippen molar-refractivity contribution in [3.8, 4) is 22.8 Å². The fraction of sp³-hybridized carbons (Fsp3) is 0.375. The van der Waals surface area contributed by atoms with E-state index < -0.39 is 0 Å². The molecule has 1 saturated heterocycles. The van der Waals surface area contributed by atoms with Gasteiger partial charge in [0, 0.05) is 18.7 Å². The third-order valence-corrected chi connectivity index (χ3v) is 6.53. The maximum absolute atomic E-state index is 14.7. The number of hydrogen-bond acceptors (Lipinski definition) is 5. The van der Waals surface area contributed by atoms with Gasteiger partial charge in [0.05, 0.1) is 18.0 Å². The van der Waals surface area contributed by atoms with E-state index in [2.05, 4.69) is 17.1 Å². The number of likely N-dealkylation sites (tertiary alicyclic amines) is 1. The third kappa shape index (κ3) is 4.96. The van der Waals surface area contributed by atoms with E-state index in [-0.39, 0.29) is 17.5 Å². The molecule has 4 rings (SSSR count). The highest BCUT2D eigenvalue weighted by atomic mass is 32.2. The number of aromatic nitrogens is 3. The number of carbonyl (C=O) groups is 1. The van der Waals surface area contributed by atoms with Crippen molar-refractivity contribution >= 4 is 17.7 Å². The first-order valence-corrected chi connectivity index (χ1v) is 11.9. The number of thioether (sulfide) groups is 1. The van der Waals surface area contributed by atoms with Crippen molar-refractivity contribution < 1.29 is 13.9 Å². The molecule has 1 amide bonds. The number of para-hydroxylation sites is 1. The van der Waals surface area contributed by atoms with Crippen molar-refractivity contribution in [2.24, 2.45) is 5.92 Å². The number of piperidine rings is 1. The Morgan fingerprint density at radius 1 is 1.12 bits per heavy atom. The Balaban J connectivity index is 1.61. The molecular weight excluding hydrogens is 427 g/mol. The number of nitrogens with zero attached hydrogens (tertiary/aromatic N) is 4. The van der Waals surface area contributed by atoms with Crippen LogP contribution in [0.15, 0.2) is 53.7 Å². The zero-order chi connectivity index (χ0) is 22.5. The van der Waals surface area contributed by atoms with Gasteiger partial charge in [-0.05, 0) is 62.1 Å². The first-order valence-electron chi connectivity index (χ1n) is 10.9. The Morgan fingerprint density at radius 2 is 1.84 bits per heavy atom. The molecule has 32 heavy (non-hydrogen) atoms. The molecule has 8 heteroatoms. The molecule has 0 radical (unpaired) electrons. The largest absolute Gasteiger partial charge is 0.494 e. The van der Waals surface area contributed by atoms with Crippen molar-refractivity contribution in [3.63, 3.8) is 0 Å². The van der Waals surface area contributed by atoms with Gasteiger partial charge in [0.15, 0.2) is 11.0 Å². The summed E-state index contributed by atoms with van der Waals surface area (Å²) in [5, 5.41) is 9.13. The molecule has 0 atom stereocenters. The van der Waals surface area contributed by atoms with Crippen LogP contribution in [0.4, 0.5) is 4.39 Å². The first kappa shape index (κ1) is 22.3. The molecule has 2 aromatic carbocycles. The van der Waals surface area contributed by atoms with Gasteiger partial charge in [0.25, 0.3) is 0 Å². The van der Waals surface area contributed by atoms with Crippen LogP contribution in [-0.4, -0.2) is 51.0 Å². The molecule has 0 unspecified atom stereocenters. The highest BCUT2D eigenvalue weighted by Crippen LogP contribution is 2.30. The Hall–Kier alpha value is -2.87. The summed E-state index contributed by atoms with van der Waals surface area (Å²) >= 11 is 1.29. The fourth-order valence-corrected chi connectivity index (χ4v) is 4.59. The Kier molecular flexibility index (Phi) is 7.09. The number of carbonyl (C=O) groups excluding carboxylic acids is 1. The molecule has 1 aliphatic rings. The Morgan fingerprint density at radius 3 is 2.53 bits per heavy atom. The average Bonchev–Trinajstić information content (AvgIpc) is 3.22. The lowest BCUT2D eigenvalue weighted by Gasteiger charge is -2.30. The molecule has 0 bridgehead atoms. The fourth-order valence-electron chi connectivity index (χ4n) is 3.74. The van der Waals surface area contributed by atoms with Crippen LogP contribution >= 0.6 is 11.8 Å². The van der Waals surface area contributed by atoms with Crippen molar-refractivity contribution in [1.82, 2.24) is 19.7 Å². The van der Waals surface area contributed by atoms with Gasteiger partial charge in [-0.25, -0.2) is 4.39 Å². The second kappa shape index (κ2) is 10.2. The van der Waals surface area contributed by atoms with Gasteiger partial charge in [0.1, 0.15) is 11.6 Å². The topological polar surface area (TPSA) is 60.3 Å². The van der Waals surface area contributed by atoms with Gasteiger partial charge in [-0.15, -0.1) is 10.2 Å². The highest BCUT2D eigenvalue weighted by molar-refractivity contribution is 7.99. The SMILES string of the molecule is CCOc1ccc(-c2nnc(SCC(=O)N3CCC(C)CC3)n2-c2ccccc2F)cc1. The molecule has 168 valence electrons. The minimum atomic E-state index is -0.377. The number of rotatable bonds is 7. The van der Waals surface area contributed by atoms with E-state index in [1.807, 2.05) is 36.1 Å². The van der Waals surface area contributed by atoms with E-state index in [4.69, 9.17) is 4.74 Å². The normalized spacial score (nSPS) is 14.5. The summed E-state index contributed by atoms with van der Waals surface area (Å²) in [6, 6.07) is 14.0. The monoisotopic (exact) mass is 454 g/mol. The van der Waals surface area contributed by atoms with Crippen LogP contribution in [0.3, 0.4) is 0 Å². The summed E-state index contributed by atoms with van der Waals surface area (Å²) in [5.41, 5.74) is 1.13. The summed E-state index contributed by atoms with van der Waals surface area (Å²) in [7, 11) is 0. The molecule has 2 heterocycles. The molecular formula is C24H27FN4O2S. The summed E-state index contributed by atoms with van der Waals surface area (Å²) in [4.78, 5) is 14.6. The van der Waals surface area contributed by atoms with Gasteiger partial charge in [-0.2, -0.15) is 0 Å². The maximum Gasteiger partial charge on any atom is 0.233 e. The molecule has 1 aliphatic heterocycles. The van der Waals surface area contributed by atoms with Gasteiger partial charge < -0.3 is 9.64 Å². The van der Waals surface area contributed by atoms with Crippen LogP contribution < -0.4 is 4.74 Å². The molecule has 0 aliphatic carbocycles. The minimum Gasteiger partial charge on any atom is -0.494 e. The molecule has 0 saturated carbocycles. The summed E-state index contributed by atoms with van der Waals surface area (Å²) in [5.74, 6) is 1.87. The molecule has 1 fully saturated rings. The summed E-state index contributed by atoms with van der Waals surface area (Å²) in [6.07, 6.45) is 2.06. The molecule has 0 N–H and O–H groups in total. The van der Waals surface area contributed by atoms with Gasteiger partial charge in [-0.3, -0.25) is 9.36 Å². The van der Waals surface area contributed by atoms with E-state index in [9.17, 15) is 9.18 Å². The zero-order valence-electron chi connectivity index (χ0n) is 18.3. The van der Waals surface area contributed by atoms with E-state index in [1.165, 1.54) is 17.8 Å². The standard InChI is InChI=1S/C24H27FN4O2S/c1-3-31-19-10-8-18(9-11-19)23-26-27-24(29(23)21-7-5-4-6-20(21)25)32-16-22(30)28-14-12-17(2)13-15-28/h4-11,17H,3,12-16H2,1-2H3. The predicted molar refractivity (Wildman–Crippen MR) is 124 cm³/mol. The van der Waals surface area contributed by atoms with Crippen LogP contribution in [0.25, 0.3) is 17.1 Å². The van der Waals surface area contributed by atoms with Crippen LogP contribution in [0, 0.1) is 11.7 Å². The van der Waals surface area contributed by atoms with Crippen molar-refractivity contribution in [3.05, 3.63) is 54.3 Å². The first-order chi connectivity index (χ1) is 15.6.